The molecule has 2 aromatic carbocycles. The summed E-state index contributed by atoms with van der Waals surface area (Å²) in [4.78, 5) is 29.9. The average Bonchev–Trinajstić information content (AvgIpc) is 3.33. The van der Waals surface area contributed by atoms with E-state index in [4.69, 9.17) is 0 Å². The van der Waals surface area contributed by atoms with E-state index >= 15 is 0 Å². The quantitative estimate of drug-likeness (QED) is 0.585. The third kappa shape index (κ3) is 5.11. The summed E-state index contributed by atoms with van der Waals surface area (Å²) in [5.41, 5.74) is -1.92. The van der Waals surface area contributed by atoms with Gasteiger partial charge in [-0.05, 0) is 49.2 Å². The molecule has 0 unspecified atom stereocenters. The van der Waals surface area contributed by atoms with E-state index in [1.807, 2.05) is 12.1 Å². The monoisotopic (exact) mass is 573 g/mol. The van der Waals surface area contributed by atoms with Crippen molar-refractivity contribution in [2.45, 2.75) is 36.6 Å². The topological polar surface area (TPSA) is 146 Å². The molecule has 208 valence electrons. The van der Waals surface area contributed by atoms with E-state index in [1.165, 1.54) is 25.1 Å². The van der Waals surface area contributed by atoms with Gasteiger partial charge in [-0.15, -0.1) is 0 Å². The minimum Gasteiger partial charge on any atom is -0.391 e. The summed E-state index contributed by atoms with van der Waals surface area (Å²) < 4.78 is 65.9. The predicted molar refractivity (Wildman–Crippen MR) is 134 cm³/mol. The van der Waals surface area contributed by atoms with Crippen molar-refractivity contribution in [3.8, 4) is 12.1 Å². The molecule has 2 atom stereocenters. The number of rotatable bonds is 3. The summed E-state index contributed by atoms with van der Waals surface area (Å²) in [5.74, 6) is 0. The van der Waals surface area contributed by atoms with Crippen molar-refractivity contribution in [2.24, 2.45) is 0 Å². The van der Waals surface area contributed by atoms with Crippen molar-refractivity contribution in [1.82, 2.24) is 9.80 Å². The number of carbonyl (C=O) groups excluding carboxylic acids is 2. The van der Waals surface area contributed by atoms with E-state index in [-0.39, 0.29) is 47.6 Å². The molecule has 2 aliphatic rings. The molecule has 1 N–H and O–H groups in total. The van der Waals surface area contributed by atoms with Crippen molar-refractivity contribution in [3.63, 3.8) is 0 Å². The summed E-state index contributed by atoms with van der Waals surface area (Å²) in [6, 6.07) is 7.33. The van der Waals surface area contributed by atoms with Crippen LogP contribution in [0, 0.1) is 22.7 Å². The molecule has 2 aliphatic heterocycles. The Hall–Kier alpha value is -4.40. The van der Waals surface area contributed by atoms with Gasteiger partial charge in [-0.3, -0.25) is 4.90 Å². The normalized spacial score (nSPS) is 20.0. The van der Waals surface area contributed by atoms with Crippen LogP contribution in [0.2, 0.25) is 0 Å². The van der Waals surface area contributed by atoms with Gasteiger partial charge in [0.25, 0.3) is 0 Å². The van der Waals surface area contributed by atoms with E-state index < -0.39 is 50.7 Å². The first kappa shape index (κ1) is 28.6. The highest BCUT2D eigenvalue weighted by atomic mass is 32.2. The molecule has 0 saturated carbocycles. The van der Waals surface area contributed by atoms with Crippen LogP contribution < -0.4 is 4.90 Å². The summed E-state index contributed by atoms with van der Waals surface area (Å²) in [7, 11) is -4.07. The van der Waals surface area contributed by atoms with E-state index in [0.717, 1.165) is 34.3 Å². The SMILES string of the molecule is CC1=C(C#N)[C@@H](c2ccc(C#N)cc2S(C)(=O)=O)N(C(=O)N2CC[C@H](O)C2)C(=O)N1c1cccc(C(F)(F)F)c1. The lowest BCUT2D eigenvalue weighted by Gasteiger charge is -2.42. The zero-order valence-electron chi connectivity index (χ0n) is 21.2. The number of alkyl halides is 3. The van der Waals surface area contributed by atoms with Crippen LogP contribution in [0.4, 0.5) is 28.4 Å². The lowest BCUT2D eigenvalue weighted by atomic mass is 9.93. The Balaban J connectivity index is 2.01. The fourth-order valence-electron chi connectivity index (χ4n) is 4.78. The molecule has 1 saturated heterocycles. The van der Waals surface area contributed by atoms with Gasteiger partial charge in [-0.2, -0.15) is 23.7 Å². The van der Waals surface area contributed by atoms with Gasteiger partial charge in [0.1, 0.15) is 6.04 Å². The van der Waals surface area contributed by atoms with E-state index in [9.17, 15) is 46.8 Å². The maximum atomic E-state index is 14.0. The number of carbonyl (C=O) groups is 2. The minimum absolute atomic E-state index is 0.0309. The van der Waals surface area contributed by atoms with Gasteiger partial charge in [-0.25, -0.2) is 22.9 Å². The van der Waals surface area contributed by atoms with Crippen molar-refractivity contribution in [2.75, 3.05) is 24.2 Å². The molecule has 4 amide bonds. The number of aliphatic hydroxyl groups is 1. The van der Waals surface area contributed by atoms with Gasteiger partial charge in [0.15, 0.2) is 9.84 Å². The molecular weight excluding hydrogens is 551 g/mol. The second-order valence-corrected chi connectivity index (χ2v) is 11.3. The van der Waals surface area contributed by atoms with Crippen LogP contribution in [-0.4, -0.2) is 60.8 Å². The molecule has 10 nitrogen and oxygen atoms in total. The summed E-state index contributed by atoms with van der Waals surface area (Å²) in [5, 5.41) is 29.5. The molecule has 0 aliphatic carbocycles. The summed E-state index contributed by atoms with van der Waals surface area (Å²) >= 11 is 0. The number of benzene rings is 2. The zero-order chi connectivity index (χ0) is 29.6. The van der Waals surface area contributed by atoms with Crippen LogP contribution in [0.15, 0.2) is 58.6 Å². The van der Waals surface area contributed by atoms with Crippen LogP contribution in [0.5, 0.6) is 0 Å². The third-order valence-corrected chi connectivity index (χ3v) is 7.84. The molecule has 0 radical (unpaired) electrons. The maximum Gasteiger partial charge on any atom is 0.416 e. The fraction of sp³-hybridized carbons (Fsp3) is 0.308. The van der Waals surface area contributed by atoms with Gasteiger partial charge in [0.2, 0.25) is 0 Å². The zero-order valence-corrected chi connectivity index (χ0v) is 22.0. The maximum absolute atomic E-state index is 14.0. The molecule has 4 rings (SSSR count). The first-order valence-corrected chi connectivity index (χ1v) is 13.7. The Morgan fingerprint density at radius 3 is 2.38 bits per heavy atom. The van der Waals surface area contributed by atoms with Crippen LogP contribution in [0.3, 0.4) is 0 Å². The number of nitriles is 2. The smallest absolute Gasteiger partial charge is 0.391 e. The van der Waals surface area contributed by atoms with Crippen molar-refractivity contribution < 1.29 is 36.3 Å². The third-order valence-electron chi connectivity index (χ3n) is 6.68. The van der Waals surface area contributed by atoms with Crippen molar-refractivity contribution in [3.05, 3.63) is 70.4 Å². The van der Waals surface area contributed by atoms with Gasteiger partial charge >= 0.3 is 18.2 Å². The van der Waals surface area contributed by atoms with Crippen LogP contribution in [0.1, 0.15) is 36.1 Å². The number of aliphatic hydroxyl groups excluding tert-OH is 1. The van der Waals surface area contributed by atoms with Crippen molar-refractivity contribution in [1.29, 1.82) is 10.5 Å². The number of imide groups is 1. The summed E-state index contributed by atoms with van der Waals surface area (Å²) in [6.45, 7) is 1.18. The van der Waals surface area contributed by atoms with Crippen LogP contribution in [-0.2, 0) is 16.0 Å². The fourth-order valence-corrected chi connectivity index (χ4v) is 5.73. The van der Waals surface area contributed by atoms with Gasteiger partial charge in [-0.1, -0.05) is 12.1 Å². The lowest BCUT2D eigenvalue weighted by molar-refractivity contribution is -0.137. The molecule has 2 aromatic rings. The minimum atomic E-state index is -4.75. The predicted octanol–water partition coefficient (Wildman–Crippen LogP) is 3.95. The standard InChI is InChI=1S/C26H22F3N5O5S/c1-15-21(13-31)23(20-7-6-16(12-30)10-22(20)40(2,38)39)34(24(36)32-9-8-19(35)14-32)25(37)33(15)18-5-3-4-17(11-18)26(27,28)29/h3-7,10-11,19,23,35H,8-9,14H2,1-2H3/t19-,23+/m0/s1. The van der Waals surface area contributed by atoms with Gasteiger partial charge < -0.3 is 10.0 Å². The molecular formula is C26H22F3N5O5S. The number of β-amino-alcohol motifs (C(OH)–C–C–N with tert-alkyl or cyclic N) is 1. The number of halogens is 3. The molecule has 0 spiro atoms. The number of anilines is 1. The number of urea groups is 2. The second-order valence-electron chi connectivity index (χ2n) is 9.36. The number of sulfone groups is 1. The first-order chi connectivity index (χ1) is 18.7. The second kappa shape index (κ2) is 10.3. The summed E-state index contributed by atoms with van der Waals surface area (Å²) in [6.07, 6.45) is -4.59. The van der Waals surface area contributed by atoms with E-state index in [2.05, 4.69) is 0 Å². The number of likely N-dealkylation sites (tertiary alicyclic amines) is 1. The molecule has 0 bridgehead atoms. The lowest BCUT2D eigenvalue weighted by Crippen LogP contribution is -2.55. The Morgan fingerprint density at radius 2 is 1.82 bits per heavy atom. The number of hydrogen-bond acceptors (Lipinski definition) is 7. The number of allylic oxidation sites excluding steroid dienone is 1. The Kier molecular flexibility index (Phi) is 7.36. The van der Waals surface area contributed by atoms with Gasteiger partial charge in [0.05, 0.1) is 45.5 Å². The van der Waals surface area contributed by atoms with Gasteiger partial charge in [0, 0.05) is 25.0 Å². The average molecular weight is 574 g/mol. The molecule has 2 heterocycles. The Labute approximate surface area is 227 Å². The highest BCUT2D eigenvalue weighted by molar-refractivity contribution is 7.90. The molecule has 40 heavy (non-hydrogen) atoms. The van der Waals surface area contributed by atoms with E-state index in [0.29, 0.717) is 11.0 Å². The highest BCUT2D eigenvalue weighted by Gasteiger charge is 2.47. The van der Waals surface area contributed by atoms with E-state index in [1.54, 1.807) is 0 Å². The van der Waals surface area contributed by atoms with Crippen molar-refractivity contribution >= 4 is 27.6 Å². The highest BCUT2D eigenvalue weighted by Crippen LogP contribution is 2.43. The molecule has 0 aromatic heterocycles. The number of hydrogen-bond donors (Lipinski definition) is 1. The molecule has 14 heteroatoms. The van der Waals surface area contributed by atoms with Crippen LogP contribution in [0.25, 0.3) is 0 Å². The van der Waals surface area contributed by atoms with Crippen LogP contribution >= 0.6 is 0 Å². The number of nitrogens with zero attached hydrogens (tertiary/aromatic N) is 5. The largest absolute Gasteiger partial charge is 0.416 e. The Morgan fingerprint density at radius 1 is 1.12 bits per heavy atom. The molecule has 1 fully saturated rings. The first-order valence-electron chi connectivity index (χ1n) is 11.8. The Bertz CT molecular complexity index is 1620. The number of amides is 4.